The van der Waals surface area contributed by atoms with Gasteiger partial charge in [0.25, 0.3) is 5.91 Å². The first-order valence-electron chi connectivity index (χ1n) is 13.2. The number of fused-ring (bicyclic) bond motifs is 2. The van der Waals surface area contributed by atoms with Gasteiger partial charge in [-0.1, -0.05) is 54.6 Å². The van der Waals surface area contributed by atoms with Gasteiger partial charge < -0.3 is 19.2 Å². The Hall–Kier alpha value is -4.76. The molecular formula is C32H26N2O6S. The lowest BCUT2D eigenvalue weighted by Gasteiger charge is -2.22. The molecule has 1 aliphatic carbocycles. The summed E-state index contributed by atoms with van der Waals surface area (Å²) in [4.78, 5) is 44.2. The molecule has 9 heteroatoms. The standard InChI is InChI=1S/C32H26N2O6S/c1-38-32(37)28-23-16-15-20(19-9-3-2-4-10-19)17-26(23)41-30(28)34-27(35)18-39-31(36)22-12-6-5-11-21(22)29-33-24-13-7-8-14-25(24)40-29/h2-14,20H,15-18H2,1H3,(H,34,35). The highest BCUT2D eigenvalue weighted by molar-refractivity contribution is 7.17. The predicted octanol–water partition coefficient (Wildman–Crippen LogP) is 6.41. The molecule has 1 aliphatic rings. The van der Waals surface area contributed by atoms with Gasteiger partial charge >= 0.3 is 11.9 Å². The number of ether oxygens (including phenoxy) is 2. The van der Waals surface area contributed by atoms with Gasteiger partial charge in [-0.2, -0.15) is 0 Å². The van der Waals surface area contributed by atoms with Gasteiger partial charge in [0, 0.05) is 4.88 Å². The summed E-state index contributed by atoms with van der Waals surface area (Å²) in [5.41, 5.74) is 4.48. The lowest BCUT2D eigenvalue weighted by atomic mass is 9.83. The minimum Gasteiger partial charge on any atom is -0.465 e. The van der Waals surface area contributed by atoms with E-state index in [0.29, 0.717) is 39.6 Å². The summed E-state index contributed by atoms with van der Waals surface area (Å²) in [5, 5.41) is 3.19. The van der Waals surface area contributed by atoms with Crippen molar-refractivity contribution in [3.05, 3.63) is 106 Å². The molecule has 2 heterocycles. The number of thiophene rings is 1. The zero-order valence-electron chi connectivity index (χ0n) is 22.2. The number of nitrogens with zero attached hydrogens (tertiary/aromatic N) is 1. The van der Waals surface area contributed by atoms with E-state index in [1.807, 2.05) is 36.4 Å². The quantitative estimate of drug-likeness (QED) is 0.227. The number of methoxy groups -OCH3 is 1. The van der Waals surface area contributed by atoms with Crippen molar-refractivity contribution in [2.75, 3.05) is 19.0 Å². The third-order valence-electron chi connectivity index (χ3n) is 7.18. The first kappa shape index (κ1) is 26.5. The van der Waals surface area contributed by atoms with Crippen LogP contribution in [0.4, 0.5) is 5.00 Å². The summed E-state index contributed by atoms with van der Waals surface area (Å²) in [7, 11) is 1.32. The molecule has 3 aromatic carbocycles. The maximum absolute atomic E-state index is 13.0. The Morgan fingerprint density at radius 3 is 2.54 bits per heavy atom. The van der Waals surface area contributed by atoms with Crippen molar-refractivity contribution in [3.63, 3.8) is 0 Å². The molecule has 206 valence electrons. The van der Waals surface area contributed by atoms with Gasteiger partial charge in [0.05, 0.1) is 23.8 Å². The number of oxazole rings is 1. The summed E-state index contributed by atoms with van der Waals surface area (Å²) >= 11 is 1.37. The summed E-state index contributed by atoms with van der Waals surface area (Å²) in [6, 6.07) is 24.4. The Morgan fingerprint density at radius 1 is 0.976 bits per heavy atom. The molecule has 41 heavy (non-hydrogen) atoms. The average molecular weight is 567 g/mol. The van der Waals surface area contributed by atoms with Crippen LogP contribution < -0.4 is 5.32 Å². The van der Waals surface area contributed by atoms with Gasteiger partial charge in [-0.3, -0.25) is 4.79 Å². The predicted molar refractivity (Wildman–Crippen MR) is 155 cm³/mol. The normalized spacial score (nSPS) is 14.3. The minimum atomic E-state index is -0.692. The smallest absolute Gasteiger partial charge is 0.341 e. The molecule has 1 unspecified atom stereocenters. The number of carbonyl (C=O) groups is 3. The third-order valence-corrected chi connectivity index (χ3v) is 8.35. The third kappa shape index (κ3) is 5.36. The van der Waals surface area contributed by atoms with E-state index in [2.05, 4.69) is 22.4 Å². The maximum atomic E-state index is 13.0. The number of amides is 1. The van der Waals surface area contributed by atoms with Crippen molar-refractivity contribution in [2.45, 2.75) is 25.2 Å². The summed E-state index contributed by atoms with van der Waals surface area (Å²) in [6.07, 6.45) is 2.36. The van der Waals surface area contributed by atoms with E-state index in [1.165, 1.54) is 24.0 Å². The molecule has 0 fully saturated rings. The van der Waals surface area contributed by atoms with Crippen molar-refractivity contribution < 1.29 is 28.3 Å². The fraction of sp³-hybridized carbons (Fsp3) is 0.188. The van der Waals surface area contributed by atoms with Gasteiger partial charge in [-0.05, 0) is 60.6 Å². The second-order valence-electron chi connectivity index (χ2n) is 9.71. The largest absolute Gasteiger partial charge is 0.465 e. The van der Waals surface area contributed by atoms with E-state index >= 15 is 0 Å². The Labute approximate surface area is 239 Å². The second kappa shape index (κ2) is 11.4. The summed E-state index contributed by atoms with van der Waals surface area (Å²) in [6.45, 7) is -0.531. The number of carbonyl (C=O) groups excluding carboxylic acids is 3. The van der Waals surface area contributed by atoms with E-state index in [4.69, 9.17) is 13.9 Å². The number of hydrogen-bond acceptors (Lipinski definition) is 8. The van der Waals surface area contributed by atoms with Gasteiger partial charge in [0.15, 0.2) is 12.2 Å². The molecule has 2 aromatic heterocycles. The van der Waals surface area contributed by atoms with Crippen LogP contribution in [0, 0.1) is 0 Å². The molecule has 5 aromatic rings. The molecule has 8 nitrogen and oxygen atoms in total. The van der Waals surface area contributed by atoms with Crippen LogP contribution in [0.3, 0.4) is 0 Å². The number of anilines is 1. The van der Waals surface area contributed by atoms with Gasteiger partial charge in [-0.25, -0.2) is 14.6 Å². The summed E-state index contributed by atoms with van der Waals surface area (Å²) in [5.74, 6) is -1.13. The maximum Gasteiger partial charge on any atom is 0.341 e. The first-order valence-corrected chi connectivity index (χ1v) is 14.0. The van der Waals surface area contributed by atoms with E-state index < -0.39 is 24.5 Å². The number of esters is 2. The number of aromatic nitrogens is 1. The fourth-order valence-corrected chi connectivity index (χ4v) is 6.54. The lowest BCUT2D eigenvalue weighted by Crippen LogP contribution is -2.22. The number of nitrogens with one attached hydrogen (secondary N) is 1. The molecule has 0 spiro atoms. The Bertz CT molecular complexity index is 1720. The zero-order valence-corrected chi connectivity index (χ0v) is 23.0. The molecule has 0 bridgehead atoms. The molecule has 6 rings (SSSR count). The number of para-hydroxylation sites is 2. The molecule has 0 saturated carbocycles. The minimum absolute atomic E-state index is 0.223. The van der Waals surface area contributed by atoms with Gasteiger partial charge in [-0.15, -0.1) is 11.3 Å². The highest BCUT2D eigenvalue weighted by Crippen LogP contribution is 2.42. The van der Waals surface area contributed by atoms with E-state index in [-0.39, 0.29) is 11.5 Å². The highest BCUT2D eigenvalue weighted by atomic mass is 32.1. The molecular weight excluding hydrogens is 540 g/mol. The van der Waals surface area contributed by atoms with Crippen molar-refractivity contribution >= 4 is 45.3 Å². The van der Waals surface area contributed by atoms with Gasteiger partial charge in [0.2, 0.25) is 5.89 Å². The van der Waals surface area contributed by atoms with Crippen LogP contribution in [-0.2, 0) is 27.1 Å². The van der Waals surface area contributed by atoms with Crippen LogP contribution in [0.1, 0.15) is 49.1 Å². The highest BCUT2D eigenvalue weighted by Gasteiger charge is 2.31. The molecule has 0 aliphatic heterocycles. The van der Waals surface area contributed by atoms with Crippen molar-refractivity contribution in [3.8, 4) is 11.5 Å². The van der Waals surface area contributed by atoms with Crippen molar-refractivity contribution in [2.24, 2.45) is 0 Å². The van der Waals surface area contributed by atoms with Crippen LogP contribution in [0.25, 0.3) is 22.6 Å². The van der Waals surface area contributed by atoms with Crippen molar-refractivity contribution in [1.29, 1.82) is 0 Å². The van der Waals surface area contributed by atoms with Crippen LogP contribution in [0.15, 0.2) is 83.3 Å². The Kier molecular flexibility index (Phi) is 7.35. The Balaban J connectivity index is 1.17. The number of benzene rings is 3. The summed E-state index contributed by atoms with van der Waals surface area (Å²) < 4.78 is 16.2. The van der Waals surface area contributed by atoms with Crippen LogP contribution >= 0.6 is 11.3 Å². The van der Waals surface area contributed by atoms with E-state index in [9.17, 15) is 14.4 Å². The Morgan fingerprint density at radius 2 is 1.73 bits per heavy atom. The topological polar surface area (TPSA) is 108 Å². The molecule has 1 atom stereocenters. The number of rotatable bonds is 7. The fourth-order valence-electron chi connectivity index (χ4n) is 5.21. The first-order chi connectivity index (χ1) is 20.0. The van der Waals surface area contributed by atoms with Crippen molar-refractivity contribution in [1.82, 2.24) is 4.98 Å². The van der Waals surface area contributed by atoms with Gasteiger partial charge in [0.1, 0.15) is 10.5 Å². The molecule has 1 amide bonds. The van der Waals surface area contributed by atoms with E-state index in [0.717, 1.165) is 23.3 Å². The molecule has 1 N–H and O–H groups in total. The SMILES string of the molecule is COC(=O)c1c(NC(=O)COC(=O)c2ccccc2-c2nc3ccccc3o2)sc2c1CCC(c1ccccc1)C2. The van der Waals surface area contributed by atoms with E-state index in [1.54, 1.807) is 30.3 Å². The lowest BCUT2D eigenvalue weighted by molar-refractivity contribution is -0.119. The zero-order chi connectivity index (χ0) is 28.3. The second-order valence-corrected chi connectivity index (χ2v) is 10.8. The molecule has 0 saturated heterocycles. The number of hydrogen-bond donors (Lipinski definition) is 1. The van der Waals surface area contributed by atoms with Crippen LogP contribution in [0.2, 0.25) is 0 Å². The van der Waals surface area contributed by atoms with Crippen LogP contribution in [-0.4, -0.2) is 36.5 Å². The van der Waals surface area contributed by atoms with Crippen LogP contribution in [0.5, 0.6) is 0 Å². The molecule has 0 radical (unpaired) electrons. The monoisotopic (exact) mass is 566 g/mol. The average Bonchev–Trinajstić information content (AvgIpc) is 3.60.